The van der Waals surface area contributed by atoms with Gasteiger partial charge in [0.1, 0.15) is 5.84 Å². The first-order chi connectivity index (χ1) is 6.43. The molecule has 0 bridgehead atoms. The summed E-state index contributed by atoms with van der Waals surface area (Å²) >= 11 is 0. The predicted octanol–water partition coefficient (Wildman–Crippen LogP) is 0.0986. The van der Waals surface area contributed by atoms with Gasteiger partial charge in [0, 0.05) is 18.1 Å². The van der Waals surface area contributed by atoms with Crippen molar-refractivity contribution in [1.82, 2.24) is 0 Å². The number of hydrogen-bond acceptors (Lipinski definition) is 4. The second kappa shape index (κ2) is 5.74. The second-order valence-electron chi connectivity index (χ2n) is 2.75. The Kier molecular flexibility index (Phi) is 4.98. The molecule has 0 aliphatic heterocycles. The average molecular weight is 200 g/mol. The van der Waals surface area contributed by atoms with E-state index < -0.39 is 11.9 Å². The zero-order chi connectivity index (χ0) is 11.1. The monoisotopic (exact) mass is 200 g/mol. The van der Waals surface area contributed by atoms with Gasteiger partial charge in [-0.15, -0.1) is 0 Å². The van der Waals surface area contributed by atoms with E-state index in [-0.39, 0.29) is 11.8 Å². The molecule has 0 aromatic heterocycles. The Morgan fingerprint density at radius 1 is 1.43 bits per heavy atom. The summed E-state index contributed by atoms with van der Waals surface area (Å²) in [7, 11) is 0. The minimum Gasteiger partial charge on any atom is -0.478 e. The van der Waals surface area contributed by atoms with Crippen molar-refractivity contribution in [3.05, 3.63) is 12.2 Å². The number of carbonyl (C=O) groups is 2. The highest BCUT2D eigenvalue weighted by Crippen LogP contribution is 1.92. The smallest absolute Gasteiger partial charge is 0.358 e. The molecule has 14 heavy (non-hydrogen) atoms. The lowest BCUT2D eigenvalue weighted by atomic mass is 10.2. The third kappa shape index (κ3) is 5.76. The number of rotatable bonds is 4. The number of amidine groups is 1. The van der Waals surface area contributed by atoms with E-state index in [4.69, 9.17) is 10.8 Å². The molecule has 3 N–H and O–H groups in total. The maximum atomic E-state index is 10.7. The molecule has 0 rings (SSSR count). The summed E-state index contributed by atoms with van der Waals surface area (Å²) in [5, 5.41) is 11.5. The van der Waals surface area contributed by atoms with Crippen LogP contribution < -0.4 is 5.73 Å². The van der Waals surface area contributed by atoms with Crippen molar-refractivity contribution in [3.8, 4) is 0 Å². The van der Waals surface area contributed by atoms with Crippen molar-refractivity contribution in [2.24, 2.45) is 16.8 Å². The number of aliphatic carboxylic acids is 1. The third-order valence-electron chi connectivity index (χ3n) is 1.19. The zero-order valence-corrected chi connectivity index (χ0v) is 7.93. The van der Waals surface area contributed by atoms with Crippen molar-refractivity contribution in [1.29, 1.82) is 0 Å². The number of hydrogen-bond donors (Lipinski definition) is 2. The van der Waals surface area contributed by atoms with Gasteiger partial charge >= 0.3 is 11.9 Å². The highest BCUT2D eigenvalue weighted by molar-refractivity contribution is 5.91. The third-order valence-corrected chi connectivity index (χ3v) is 1.19. The van der Waals surface area contributed by atoms with Crippen LogP contribution in [-0.4, -0.2) is 22.9 Å². The highest BCUT2D eigenvalue weighted by atomic mass is 16.7. The Morgan fingerprint density at radius 3 is 2.43 bits per heavy atom. The van der Waals surface area contributed by atoms with Crippen molar-refractivity contribution in [2.45, 2.75) is 13.8 Å². The molecule has 0 amide bonds. The van der Waals surface area contributed by atoms with E-state index >= 15 is 0 Å². The number of oxime groups is 1. The fourth-order valence-electron chi connectivity index (χ4n) is 0.373. The molecule has 0 aliphatic rings. The van der Waals surface area contributed by atoms with E-state index in [0.717, 1.165) is 6.08 Å². The van der Waals surface area contributed by atoms with Gasteiger partial charge in [0.05, 0.1) is 0 Å². The number of carbonyl (C=O) groups excluding carboxylic acids is 1. The van der Waals surface area contributed by atoms with Gasteiger partial charge in [-0.25, -0.2) is 9.59 Å². The Balaban J connectivity index is 4.09. The molecule has 0 aromatic carbocycles. The lowest BCUT2D eigenvalue weighted by molar-refractivity contribution is -0.138. The van der Waals surface area contributed by atoms with E-state index in [1.54, 1.807) is 13.8 Å². The number of carboxylic acid groups (broad SMARTS) is 1. The molecule has 0 fully saturated rings. The maximum absolute atomic E-state index is 10.7. The SMILES string of the molecule is CC(C)/C(N)=N/OC(=O)C=CC(=O)O. The van der Waals surface area contributed by atoms with Gasteiger partial charge in [0.25, 0.3) is 0 Å². The molecule has 0 aromatic rings. The molecule has 0 atom stereocenters. The quantitative estimate of drug-likeness (QED) is 0.220. The molecule has 6 nitrogen and oxygen atoms in total. The van der Waals surface area contributed by atoms with E-state index in [0.29, 0.717) is 6.08 Å². The molecule has 6 heteroatoms. The van der Waals surface area contributed by atoms with Crippen molar-refractivity contribution in [2.75, 3.05) is 0 Å². The summed E-state index contributed by atoms with van der Waals surface area (Å²) in [5.41, 5.74) is 5.35. The lowest BCUT2D eigenvalue weighted by Crippen LogP contribution is -2.19. The van der Waals surface area contributed by atoms with Crippen molar-refractivity contribution in [3.63, 3.8) is 0 Å². The highest BCUT2D eigenvalue weighted by Gasteiger charge is 2.02. The van der Waals surface area contributed by atoms with E-state index in [9.17, 15) is 9.59 Å². The van der Waals surface area contributed by atoms with Gasteiger partial charge in [0.2, 0.25) is 0 Å². The standard InChI is InChI=1S/C8H12N2O4/c1-5(2)8(9)10-14-7(13)4-3-6(11)12/h3-5H,1-2H3,(H2,9,10)(H,11,12). The van der Waals surface area contributed by atoms with Gasteiger partial charge in [-0.2, -0.15) is 0 Å². The Labute approximate surface area is 81.0 Å². The van der Waals surface area contributed by atoms with Crippen LogP contribution in [0.15, 0.2) is 17.3 Å². The van der Waals surface area contributed by atoms with Crippen LogP contribution in [-0.2, 0) is 14.4 Å². The molecule has 0 spiro atoms. The summed E-state index contributed by atoms with van der Waals surface area (Å²) in [6.07, 6.45) is 1.41. The van der Waals surface area contributed by atoms with E-state index in [1.165, 1.54) is 0 Å². The number of nitrogens with two attached hydrogens (primary N) is 1. The van der Waals surface area contributed by atoms with Crippen LogP contribution in [0.4, 0.5) is 0 Å². The van der Waals surface area contributed by atoms with Crippen LogP contribution in [0.5, 0.6) is 0 Å². The Hall–Kier alpha value is -1.85. The summed E-state index contributed by atoms with van der Waals surface area (Å²) in [6.45, 7) is 3.56. The molecule has 78 valence electrons. The van der Waals surface area contributed by atoms with Crippen LogP contribution in [0.25, 0.3) is 0 Å². The predicted molar refractivity (Wildman–Crippen MR) is 49.3 cm³/mol. The zero-order valence-electron chi connectivity index (χ0n) is 7.93. The van der Waals surface area contributed by atoms with Crippen LogP contribution >= 0.6 is 0 Å². The molecule has 0 unspecified atom stereocenters. The fraction of sp³-hybridized carbons (Fsp3) is 0.375. The van der Waals surface area contributed by atoms with Crippen molar-refractivity contribution < 1.29 is 19.5 Å². The minimum absolute atomic E-state index is 0.0359. The molecule has 0 radical (unpaired) electrons. The molecule has 0 saturated heterocycles. The number of nitrogens with zero attached hydrogens (tertiary/aromatic N) is 1. The van der Waals surface area contributed by atoms with Crippen molar-refractivity contribution >= 4 is 17.8 Å². The maximum Gasteiger partial charge on any atom is 0.358 e. The van der Waals surface area contributed by atoms with Gasteiger partial charge in [-0.05, 0) is 0 Å². The summed E-state index contributed by atoms with van der Waals surface area (Å²) in [4.78, 5) is 25.0. The molecule has 0 saturated carbocycles. The minimum atomic E-state index is -1.23. The van der Waals surface area contributed by atoms with Gasteiger partial charge in [-0.3, -0.25) is 0 Å². The summed E-state index contributed by atoms with van der Waals surface area (Å²) in [5.74, 6) is -1.98. The molecule has 0 heterocycles. The average Bonchev–Trinajstić information content (AvgIpc) is 2.10. The fourth-order valence-corrected chi connectivity index (χ4v) is 0.373. The van der Waals surface area contributed by atoms with E-state index in [2.05, 4.69) is 9.99 Å². The van der Waals surface area contributed by atoms with Crippen LogP contribution in [0.1, 0.15) is 13.8 Å². The Morgan fingerprint density at radius 2 is 2.00 bits per heavy atom. The van der Waals surface area contributed by atoms with Gasteiger partial charge in [-0.1, -0.05) is 19.0 Å². The van der Waals surface area contributed by atoms with Gasteiger partial charge < -0.3 is 15.7 Å². The number of carboxylic acids is 1. The first-order valence-electron chi connectivity index (χ1n) is 3.88. The summed E-state index contributed by atoms with van der Waals surface area (Å²) < 4.78 is 0. The largest absolute Gasteiger partial charge is 0.478 e. The normalized spacial score (nSPS) is 12.1. The second-order valence-corrected chi connectivity index (χ2v) is 2.75. The van der Waals surface area contributed by atoms with Gasteiger partial charge in [0.15, 0.2) is 0 Å². The first-order valence-corrected chi connectivity index (χ1v) is 3.88. The lowest BCUT2D eigenvalue weighted by Gasteiger charge is -2.00. The first kappa shape index (κ1) is 12.2. The summed E-state index contributed by atoms with van der Waals surface area (Å²) in [6, 6.07) is 0. The molecular formula is C8H12N2O4. The van der Waals surface area contributed by atoms with Crippen LogP contribution in [0, 0.1) is 5.92 Å². The van der Waals surface area contributed by atoms with Crippen LogP contribution in [0.2, 0.25) is 0 Å². The molecular weight excluding hydrogens is 188 g/mol. The molecule has 0 aliphatic carbocycles. The topological polar surface area (TPSA) is 102 Å². The Bertz CT molecular complexity index is 281. The van der Waals surface area contributed by atoms with E-state index in [1.807, 2.05) is 0 Å². The van der Waals surface area contributed by atoms with Crippen LogP contribution in [0.3, 0.4) is 0 Å².